The highest BCUT2D eigenvalue weighted by molar-refractivity contribution is 6.31. The van der Waals surface area contributed by atoms with Gasteiger partial charge >= 0.3 is 6.18 Å². The number of imidazole rings is 1. The Bertz CT molecular complexity index is 870. The first-order chi connectivity index (χ1) is 10.3. The Morgan fingerprint density at radius 1 is 1.23 bits per heavy atom. The molecule has 2 aromatic heterocycles. The number of alkyl halides is 3. The molecule has 0 saturated heterocycles. The van der Waals surface area contributed by atoms with Gasteiger partial charge in [-0.3, -0.25) is 4.98 Å². The van der Waals surface area contributed by atoms with Crippen molar-refractivity contribution in [2.75, 3.05) is 0 Å². The van der Waals surface area contributed by atoms with Crippen molar-refractivity contribution in [2.24, 2.45) is 7.05 Å². The molecule has 114 valence electrons. The van der Waals surface area contributed by atoms with Crippen molar-refractivity contribution >= 4 is 22.6 Å². The molecule has 0 unspecified atom stereocenters. The van der Waals surface area contributed by atoms with Gasteiger partial charge in [-0.1, -0.05) is 11.6 Å². The van der Waals surface area contributed by atoms with Gasteiger partial charge in [0.05, 0.1) is 21.6 Å². The molecule has 0 atom stereocenters. The summed E-state index contributed by atoms with van der Waals surface area (Å²) in [5.41, 5.74) is -0.382. The lowest BCUT2D eigenvalue weighted by Crippen LogP contribution is -2.09. The fraction of sp³-hybridized carbons (Fsp3) is 0.143. The Labute approximate surface area is 127 Å². The third-order valence-corrected chi connectivity index (χ3v) is 3.58. The van der Waals surface area contributed by atoms with Crippen LogP contribution < -0.4 is 0 Å². The predicted octanol–water partition coefficient (Wildman–Crippen LogP) is 4.45. The normalized spacial score (nSPS) is 12.1. The predicted molar refractivity (Wildman–Crippen MR) is 73.9 cm³/mol. The van der Waals surface area contributed by atoms with Gasteiger partial charge in [0.2, 0.25) is 0 Å². The third-order valence-electron chi connectivity index (χ3n) is 3.29. The largest absolute Gasteiger partial charge is 0.417 e. The number of aryl methyl sites for hydroxylation is 1. The lowest BCUT2D eigenvalue weighted by Gasteiger charge is -2.11. The summed E-state index contributed by atoms with van der Waals surface area (Å²) in [6.07, 6.45) is -2.40. The molecular weight excluding hydrogens is 322 g/mol. The molecule has 0 aliphatic rings. The fourth-order valence-corrected chi connectivity index (χ4v) is 2.41. The molecule has 0 aliphatic heterocycles. The molecule has 0 fully saturated rings. The molecule has 3 rings (SSSR count). The van der Waals surface area contributed by atoms with Crippen LogP contribution in [-0.2, 0) is 13.2 Å². The quantitative estimate of drug-likeness (QED) is 0.618. The van der Waals surface area contributed by atoms with Crippen molar-refractivity contribution in [2.45, 2.75) is 6.18 Å². The average molecular weight is 330 g/mol. The standard InChI is InChI=1S/C14H8ClF4N3/c1-22-12-4-9(15)10(16)5-11(12)21-13(22)7-6-20-3-2-8(7)14(17,18)19/h2-6H,1H3. The van der Waals surface area contributed by atoms with Crippen molar-refractivity contribution in [1.82, 2.24) is 14.5 Å². The van der Waals surface area contributed by atoms with Crippen molar-refractivity contribution in [1.29, 1.82) is 0 Å². The Morgan fingerprint density at radius 2 is 1.95 bits per heavy atom. The molecule has 0 N–H and O–H groups in total. The first-order valence-corrected chi connectivity index (χ1v) is 6.50. The van der Waals surface area contributed by atoms with E-state index in [4.69, 9.17) is 11.6 Å². The van der Waals surface area contributed by atoms with Gasteiger partial charge < -0.3 is 4.57 Å². The highest BCUT2D eigenvalue weighted by Crippen LogP contribution is 2.37. The van der Waals surface area contributed by atoms with Crippen LogP contribution >= 0.6 is 11.6 Å². The summed E-state index contributed by atoms with van der Waals surface area (Å²) in [5, 5.41) is -0.121. The number of rotatable bonds is 1. The van der Waals surface area contributed by atoms with E-state index < -0.39 is 17.6 Å². The smallest absolute Gasteiger partial charge is 0.327 e. The number of fused-ring (bicyclic) bond motifs is 1. The molecule has 8 heteroatoms. The summed E-state index contributed by atoms with van der Waals surface area (Å²) in [6, 6.07) is 3.29. The summed E-state index contributed by atoms with van der Waals surface area (Å²) >= 11 is 5.71. The zero-order valence-corrected chi connectivity index (χ0v) is 11.9. The molecular formula is C14H8ClF4N3. The van der Waals surface area contributed by atoms with Crippen LogP contribution in [0.1, 0.15) is 5.56 Å². The molecule has 0 spiro atoms. The summed E-state index contributed by atoms with van der Waals surface area (Å²) in [7, 11) is 1.53. The summed E-state index contributed by atoms with van der Waals surface area (Å²) < 4.78 is 54.2. The minimum atomic E-state index is -4.54. The van der Waals surface area contributed by atoms with E-state index >= 15 is 0 Å². The molecule has 0 bridgehead atoms. The minimum absolute atomic E-state index is 0.0390. The van der Waals surface area contributed by atoms with Gasteiger partial charge in [-0.05, 0) is 12.1 Å². The highest BCUT2D eigenvalue weighted by Gasteiger charge is 2.34. The Balaban J connectivity index is 2.30. The van der Waals surface area contributed by atoms with E-state index in [9.17, 15) is 17.6 Å². The van der Waals surface area contributed by atoms with Crippen molar-refractivity contribution in [3.63, 3.8) is 0 Å². The Kier molecular flexibility index (Phi) is 3.32. The first-order valence-electron chi connectivity index (χ1n) is 6.12. The molecule has 0 saturated carbocycles. The molecule has 0 aliphatic carbocycles. The average Bonchev–Trinajstić information content (AvgIpc) is 2.76. The molecule has 0 radical (unpaired) electrons. The van der Waals surface area contributed by atoms with Gasteiger partial charge in [0.1, 0.15) is 11.6 Å². The van der Waals surface area contributed by atoms with Crippen LogP contribution in [0.2, 0.25) is 5.02 Å². The van der Waals surface area contributed by atoms with Gasteiger partial charge in [0.25, 0.3) is 0 Å². The van der Waals surface area contributed by atoms with Gasteiger partial charge in [-0.25, -0.2) is 9.37 Å². The summed E-state index contributed by atoms with van der Waals surface area (Å²) in [4.78, 5) is 7.81. The maximum atomic E-state index is 13.5. The van der Waals surface area contributed by atoms with Crippen LogP contribution in [0.4, 0.5) is 17.6 Å². The van der Waals surface area contributed by atoms with E-state index in [0.717, 1.165) is 24.5 Å². The lowest BCUT2D eigenvalue weighted by molar-refractivity contribution is -0.137. The van der Waals surface area contributed by atoms with Crippen LogP contribution in [-0.4, -0.2) is 14.5 Å². The van der Waals surface area contributed by atoms with E-state index in [1.54, 1.807) is 0 Å². The number of benzene rings is 1. The summed E-state index contributed by atoms with van der Waals surface area (Å²) in [5.74, 6) is -0.641. The number of aromatic nitrogens is 3. The number of halogens is 5. The van der Waals surface area contributed by atoms with Gasteiger partial charge in [0.15, 0.2) is 0 Å². The van der Waals surface area contributed by atoms with Gasteiger partial charge in [-0.15, -0.1) is 0 Å². The Morgan fingerprint density at radius 3 is 2.64 bits per heavy atom. The highest BCUT2D eigenvalue weighted by atomic mass is 35.5. The molecule has 2 heterocycles. The van der Waals surface area contributed by atoms with Crippen molar-refractivity contribution in [3.8, 4) is 11.4 Å². The maximum Gasteiger partial charge on any atom is 0.417 e. The first kappa shape index (κ1) is 14.8. The molecule has 3 aromatic rings. The van der Waals surface area contributed by atoms with Crippen LogP contribution in [0.15, 0.2) is 30.6 Å². The van der Waals surface area contributed by atoms with E-state index in [0.29, 0.717) is 5.52 Å². The number of nitrogens with zero attached hydrogens (tertiary/aromatic N) is 3. The number of pyridine rings is 1. The number of hydrogen-bond acceptors (Lipinski definition) is 2. The molecule has 22 heavy (non-hydrogen) atoms. The van der Waals surface area contributed by atoms with Crippen LogP contribution in [0.3, 0.4) is 0 Å². The van der Waals surface area contributed by atoms with Crippen LogP contribution in [0.25, 0.3) is 22.4 Å². The molecule has 3 nitrogen and oxygen atoms in total. The second-order valence-electron chi connectivity index (χ2n) is 4.67. The van der Waals surface area contributed by atoms with Gasteiger partial charge in [-0.2, -0.15) is 13.2 Å². The molecule has 1 aromatic carbocycles. The van der Waals surface area contributed by atoms with Gasteiger partial charge in [0, 0.05) is 31.1 Å². The van der Waals surface area contributed by atoms with Crippen LogP contribution in [0.5, 0.6) is 0 Å². The maximum absolute atomic E-state index is 13.5. The van der Waals surface area contributed by atoms with E-state index in [2.05, 4.69) is 9.97 Å². The lowest BCUT2D eigenvalue weighted by atomic mass is 10.1. The molecule has 0 amide bonds. The number of hydrogen-bond donors (Lipinski definition) is 0. The zero-order chi connectivity index (χ0) is 16.1. The topological polar surface area (TPSA) is 30.7 Å². The Hall–Kier alpha value is -2.15. The van der Waals surface area contributed by atoms with Crippen LogP contribution in [0, 0.1) is 5.82 Å². The second kappa shape index (κ2) is 4.95. The third kappa shape index (κ3) is 2.31. The monoisotopic (exact) mass is 329 g/mol. The SMILES string of the molecule is Cn1c(-c2cnccc2C(F)(F)F)nc2cc(F)c(Cl)cc21. The summed E-state index contributed by atoms with van der Waals surface area (Å²) in [6.45, 7) is 0. The zero-order valence-electron chi connectivity index (χ0n) is 11.1. The fourth-order valence-electron chi connectivity index (χ4n) is 2.25. The second-order valence-corrected chi connectivity index (χ2v) is 5.08. The van der Waals surface area contributed by atoms with Crippen molar-refractivity contribution < 1.29 is 17.6 Å². The van der Waals surface area contributed by atoms with E-state index in [1.807, 2.05) is 0 Å². The van der Waals surface area contributed by atoms with E-state index in [1.165, 1.54) is 17.7 Å². The van der Waals surface area contributed by atoms with Crippen molar-refractivity contribution in [3.05, 3.63) is 47.0 Å². The minimum Gasteiger partial charge on any atom is -0.327 e. The van der Waals surface area contributed by atoms with E-state index in [-0.39, 0.29) is 21.9 Å².